The minimum atomic E-state index is -4.78. The summed E-state index contributed by atoms with van der Waals surface area (Å²) >= 11 is 0. The van der Waals surface area contributed by atoms with Gasteiger partial charge in [0, 0.05) is 6.42 Å². The number of aliphatic hydroxyl groups is 2. The summed E-state index contributed by atoms with van der Waals surface area (Å²) in [6.07, 6.45) is 7.44. The molecule has 2 N–H and O–H groups in total. The summed E-state index contributed by atoms with van der Waals surface area (Å²) in [7, 11) is -4.78. The van der Waals surface area contributed by atoms with Crippen LogP contribution in [0.5, 0.6) is 0 Å². The molecule has 0 aromatic carbocycles. The van der Waals surface area contributed by atoms with Crippen molar-refractivity contribution >= 4 is 16.2 Å². The summed E-state index contributed by atoms with van der Waals surface area (Å²) in [4.78, 5) is 12.5. The maximum absolute atomic E-state index is 12.5. The van der Waals surface area contributed by atoms with Gasteiger partial charge < -0.3 is 14.8 Å². The van der Waals surface area contributed by atoms with Crippen LogP contribution in [0.4, 0.5) is 0 Å². The molecule has 0 unspecified atom stereocenters. The van der Waals surface area contributed by atoms with E-state index in [1.165, 1.54) is 5.57 Å². The Morgan fingerprint density at radius 1 is 1.22 bits per heavy atom. The first-order chi connectivity index (χ1) is 16.1. The van der Waals surface area contributed by atoms with E-state index in [0.29, 0.717) is 31.6 Å². The molecule has 0 aromatic rings. The van der Waals surface area contributed by atoms with Crippen molar-refractivity contribution < 1.29 is 61.7 Å². The molecule has 4 aliphatic rings. The molecule has 9 atom stereocenters. The van der Waals surface area contributed by atoms with Gasteiger partial charge in [-0.05, 0) is 106 Å². The van der Waals surface area contributed by atoms with Crippen LogP contribution >= 0.6 is 0 Å². The molecule has 198 valence electrons. The molecule has 0 heterocycles. The van der Waals surface area contributed by atoms with Crippen LogP contribution in [-0.4, -0.2) is 46.8 Å². The van der Waals surface area contributed by atoms with Crippen molar-refractivity contribution in [1.29, 1.82) is 0 Å². The zero-order valence-electron chi connectivity index (χ0n) is 22.6. The Labute approximate surface area is 238 Å². The van der Waals surface area contributed by atoms with Gasteiger partial charge in [0.05, 0.1) is 17.8 Å². The Hall–Kier alpha value is -0.0600. The Kier molecular flexibility index (Phi) is 8.88. The zero-order chi connectivity index (χ0) is 26.0. The first-order valence-electron chi connectivity index (χ1n) is 13.0. The summed E-state index contributed by atoms with van der Waals surface area (Å²) < 4.78 is 38.2. The SMILES string of the molecule is CC(C)=CC(=O)C[C@](C)(O)[C@H]1CC[C@H]2[C@@H]3C[C@H](O)[C@H]4C[C@@H](OS(=O)(=O)[O-])CC[C@]4(C)C3=CC[C@@]21C.[Na+]. The van der Waals surface area contributed by atoms with E-state index in [1.807, 2.05) is 13.8 Å². The molecule has 0 aliphatic heterocycles. The van der Waals surface area contributed by atoms with Crippen molar-refractivity contribution in [2.24, 2.45) is 34.5 Å². The van der Waals surface area contributed by atoms with Gasteiger partial charge in [-0.15, -0.1) is 0 Å². The van der Waals surface area contributed by atoms with Crippen LogP contribution in [0.15, 0.2) is 23.3 Å². The smallest absolute Gasteiger partial charge is 0.726 e. The molecule has 0 amide bonds. The molecule has 0 bridgehead atoms. The fourth-order valence-corrected chi connectivity index (χ4v) is 9.17. The van der Waals surface area contributed by atoms with E-state index < -0.39 is 28.2 Å². The van der Waals surface area contributed by atoms with Crippen molar-refractivity contribution in [3.8, 4) is 0 Å². The second kappa shape index (κ2) is 10.5. The number of rotatable bonds is 6. The summed E-state index contributed by atoms with van der Waals surface area (Å²) in [5, 5.41) is 22.7. The molecule has 4 aliphatic carbocycles. The van der Waals surface area contributed by atoms with Gasteiger partial charge in [-0.2, -0.15) is 0 Å². The third-order valence-electron chi connectivity index (χ3n) is 9.98. The van der Waals surface area contributed by atoms with Gasteiger partial charge in [-0.25, -0.2) is 8.42 Å². The van der Waals surface area contributed by atoms with E-state index in [9.17, 15) is 28.0 Å². The third-order valence-corrected chi connectivity index (χ3v) is 10.5. The average Bonchev–Trinajstić information content (AvgIpc) is 3.05. The summed E-state index contributed by atoms with van der Waals surface area (Å²) in [5.74, 6) is 0.288. The van der Waals surface area contributed by atoms with E-state index in [1.54, 1.807) is 13.0 Å². The number of allylic oxidation sites excluding steroid dienone is 4. The van der Waals surface area contributed by atoms with E-state index >= 15 is 0 Å². The Morgan fingerprint density at radius 3 is 2.50 bits per heavy atom. The maximum atomic E-state index is 12.5. The summed E-state index contributed by atoms with van der Waals surface area (Å²) in [6, 6.07) is 0. The normalized spacial score (nSPS) is 41.5. The van der Waals surface area contributed by atoms with Gasteiger partial charge in [-0.3, -0.25) is 8.98 Å². The van der Waals surface area contributed by atoms with Gasteiger partial charge in [0.15, 0.2) is 5.78 Å². The fraction of sp³-hybridized carbons (Fsp3) is 0.815. The van der Waals surface area contributed by atoms with Gasteiger partial charge in [0.2, 0.25) is 10.4 Å². The van der Waals surface area contributed by atoms with Crippen molar-refractivity contribution in [3.05, 3.63) is 23.3 Å². The standard InChI is InChI=1S/C27H42O7S.Na/c1-16(2)12-17(28)15-27(5,30)24-7-6-20-19-14-23(29)22-13-18(34-35(31,32)33)8-10-25(22,3)21(19)9-11-26(20,24)4;/h9,12,18-20,22-24,29-30H,6-8,10-11,13-15H2,1-5H3,(H,31,32,33);/q;+1/p-1/t18-,19-,20-,22+,23-,24-,25+,26-,27-;/m0./s1. The van der Waals surface area contributed by atoms with Crippen LogP contribution in [0.1, 0.15) is 86.0 Å². The molecule has 7 nitrogen and oxygen atoms in total. The second-order valence-electron chi connectivity index (χ2n) is 12.7. The second-order valence-corrected chi connectivity index (χ2v) is 13.7. The quantitative estimate of drug-likeness (QED) is 0.172. The van der Waals surface area contributed by atoms with Crippen molar-refractivity contribution in [2.45, 2.75) is 104 Å². The minimum absolute atomic E-state index is 0. The van der Waals surface area contributed by atoms with Gasteiger partial charge >= 0.3 is 29.6 Å². The Balaban J connectivity index is 0.00000361. The molecule has 0 saturated heterocycles. The molecule has 4 rings (SSSR count). The molecule has 0 spiro atoms. The summed E-state index contributed by atoms with van der Waals surface area (Å²) in [6.45, 7) is 9.99. The van der Waals surface area contributed by atoms with E-state index in [-0.39, 0.29) is 70.3 Å². The topological polar surface area (TPSA) is 124 Å². The fourth-order valence-electron chi connectivity index (χ4n) is 8.66. The number of ketones is 1. The number of aliphatic hydroxyl groups excluding tert-OH is 1. The monoisotopic (exact) mass is 532 g/mol. The van der Waals surface area contributed by atoms with Crippen LogP contribution in [0.25, 0.3) is 0 Å². The molecular weight excluding hydrogens is 491 g/mol. The summed E-state index contributed by atoms with van der Waals surface area (Å²) in [5.41, 5.74) is 0.744. The van der Waals surface area contributed by atoms with Crippen LogP contribution in [-0.2, 0) is 19.4 Å². The number of carbonyl (C=O) groups excluding carboxylic acids is 1. The largest absolute Gasteiger partial charge is 1.00 e. The Morgan fingerprint density at radius 2 is 1.89 bits per heavy atom. The van der Waals surface area contributed by atoms with Crippen molar-refractivity contribution in [3.63, 3.8) is 0 Å². The van der Waals surface area contributed by atoms with Gasteiger partial charge in [-0.1, -0.05) is 31.1 Å². The van der Waals surface area contributed by atoms with Crippen molar-refractivity contribution in [2.75, 3.05) is 0 Å². The molecule has 0 radical (unpaired) electrons. The van der Waals surface area contributed by atoms with E-state index in [0.717, 1.165) is 24.8 Å². The Bertz CT molecular complexity index is 1030. The number of hydrogen-bond acceptors (Lipinski definition) is 7. The molecular formula is C27H41NaO7S. The van der Waals surface area contributed by atoms with Crippen LogP contribution < -0.4 is 29.6 Å². The van der Waals surface area contributed by atoms with Crippen molar-refractivity contribution in [1.82, 2.24) is 0 Å². The van der Waals surface area contributed by atoms with Crippen LogP contribution in [0, 0.1) is 34.5 Å². The van der Waals surface area contributed by atoms with E-state index in [2.05, 4.69) is 19.9 Å². The average molecular weight is 533 g/mol. The van der Waals surface area contributed by atoms with Gasteiger partial charge in [0.25, 0.3) is 0 Å². The zero-order valence-corrected chi connectivity index (χ0v) is 25.4. The number of carbonyl (C=O) groups is 1. The first-order valence-corrected chi connectivity index (χ1v) is 14.3. The van der Waals surface area contributed by atoms with Gasteiger partial charge in [0.1, 0.15) is 0 Å². The number of fused-ring (bicyclic) bond motifs is 5. The minimum Gasteiger partial charge on any atom is -0.726 e. The molecule has 3 fully saturated rings. The molecule has 0 aromatic heterocycles. The molecule has 3 saturated carbocycles. The predicted molar refractivity (Wildman–Crippen MR) is 131 cm³/mol. The van der Waals surface area contributed by atoms with Crippen LogP contribution in [0.2, 0.25) is 0 Å². The first kappa shape index (κ1) is 30.5. The number of hydrogen-bond donors (Lipinski definition) is 2. The maximum Gasteiger partial charge on any atom is 1.00 e. The molecule has 36 heavy (non-hydrogen) atoms. The van der Waals surface area contributed by atoms with Crippen LogP contribution in [0.3, 0.4) is 0 Å². The molecule has 9 heteroatoms. The van der Waals surface area contributed by atoms with E-state index in [4.69, 9.17) is 4.18 Å². The predicted octanol–water partition coefficient (Wildman–Crippen LogP) is 1.06. The third kappa shape index (κ3) is 5.62.